The predicted octanol–water partition coefficient (Wildman–Crippen LogP) is 3.49. The highest BCUT2D eigenvalue weighted by atomic mass is 79.9. The van der Waals surface area contributed by atoms with E-state index in [1.54, 1.807) is 0 Å². The quantitative estimate of drug-likeness (QED) is 0.936. The number of hydrogen-bond acceptors (Lipinski definition) is 2. The van der Waals surface area contributed by atoms with Crippen molar-refractivity contribution in [3.63, 3.8) is 0 Å². The van der Waals surface area contributed by atoms with Crippen LogP contribution in [0.2, 0.25) is 0 Å². The van der Waals surface area contributed by atoms with Crippen molar-refractivity contribution in [3.8, 4) is 5.75 Å². The molecule has 0 fully saturated rings. The third-order valence-corrected chi connectivity index (χ3v) is 3.14. The normalized spacial score (nSPS) is 10.2. The number of halogens is 1. The van der Waals surface area contributed by atoms with Gasteiger partial charge in [0.25, 0.3) is 0 Å². The van der Waals surface area contributed by atoms with Gasteiger partial charge in [-0.1, -0.05) is 36.4 Å². The second-order valence-electron chi connectivity index (χ2n) is 3.74. The van der Waals surface area contributed by atoms with E-state index in [9.17, 15) is 0 Å². The maximum Gasteiger partial charge on any atom is 0.133 e. The van der Waals surface area contributed by atoms with Crippen LogP contribution >= 0.6 is 15.9 Å². The number of benzene rings is 2. The van der Waals surface area contributed by atoms with E-state index in [1.807, 2.05) is 48.5 Å². The van der Waals surface area contributed by atoms with Gasteiger partial charge in [0.2, 0.25) is 0 Å². The largest absolute Gasteiger partial charge is 0.488 e. The minimum absolute atomic E-state index is 0.563. The lowest BCUT2D eigenvalue weighted by Gasteiger charge is -2.08. The molecule has 0 radical (unpaired) electrons. The van der Waals surface area contributed by atoms with E-state index in [0.717, 1.165) is 21.3 Å². The maximum absolute atomic E-state index is 5.72. The van der Waals surface area contributed by atoms with Gasteiger partial charge in [-0.15, -0.1) is 0 Å². The first-order valence-corrected chi connectivity index (χ1v) is 6.24. The van der Waals surface area contributed by atoms with E-state index in [2.05, 4.69) is 15.9 Å². The number of para-hydroxylation sites is 1. The fraction of sp³-hybridized carbons (Fsp3) is 0.143. The topological polar surface area (TPSA) is 35.2 Å². The van der Waals surface area contributed by atoms with Crippen LogP contribution in [-0.2, 0) is 13.2 Å². The monoisotopic (exact) mass is 291 g/mol. The average molecular weight is 292 g/mol. The Morgan fingerprint density at radius 3 is 2.24 bits per heavy atom. The molecule has 0 saturated heterocycles. The number of nitrogens with two attached hydrogens (primary N) is 1. The smallest absolute Gasteiger partial charge is 0.133 e. The molecule has 0 aliphatic rings. The van der Waals surface area contributed by atoms with Gasteiger partial charge < -0.3 is 10.5 Å². The van der Waals surface area contributed by atoms with Crippen LogP contribution in [0.3, 0.4) is 0 Å². The molecule has 2 N–H and O–H groups in total. The first-order chi connectivity index (χ1) is 8.29. The molecule has 0 amide bonds. The zero-order valence-electron chi connectivity index (χ0n) is 9.40. The van der Waals surface area contributed by atoms with Gasteiger partial charge in [0.15, 0.2) is 0 Å². The molecule has 17 heavy (non-hydrogen) atoms. The summed E-state index contributed by atoms with van der Waals surface area (Å²) in [6.07, 6.45) is 0. The Labute approximate surface area is 110 Å². The first kappa shape index (κ1) is 12.1. The highest BCUT2D eigenvalue weighted by molar-refractivity contribution is 9.10. The van der Waals surface area contributed by atoms with Crippen LogP contribution in [-0.4, -0.2) is 0 Å². The molecule has 0 saturated carbocycles. The van der Waals surface area contributed by atoms with Gasteiger partial charge >= 0.3 is 0 Å². The summed E-state index contributed by atoms with van der Waals surface area (Å²) in [5.74, 6) is 0.857. The average Bonchev–Trinajstić information content (AvgIpc) is 2.38. The third kappa shape index (κ3) is 3.32. The van der Waals surface area contributed by atoms with Crippen molar-refractivity contribution in [2.24, 2.45) is 5.73 Å². The van der Waals surface area contributed by atoms with Crippen molar-refractivity contribution in [2.75, 3.05) is 0 Å². The second-order valence-corrected chi connectivity index (χ2v) is 4.59. The summed E-state index contributed by atoms with van der Waals surface area (Å²) >= 11 is 3.45. The molecule has 0 bridgehead atoms. The molecule has 2 rings (SSSR count). The summed E-state index contributed by atoms with van der Waals surface area (Å²) in [5.41, 5.74) is 7.82. The maximum atomic E-state index is 5.72. The van der Waals surface area contributed by atoms with Crippen LogP contribution in [0.15, 0.2) is 53.0 Å². The lowest BCUT2D eigenvalue weighted by Crippen LogP contribution is -1.98. The predicted molar refractivity (Wildman–Crippen MR) is 72.8 cm³/mol. The van der Waals surface area contributed by atoms with E-state index in [4.69, 9.17) is 10.5 Å². The lowest BCUT2D eigenvalue weighted by molar-refractivity contribution is 0.304. The summed E-state index contributed by atoms with van der Waals surface area (Å²) in [4.78, 5) is 0. The number of hydrogen-bond donors (Lipinski definition) is 1. The molecule has 0 unspecified atom stereocenters. The van der Waals surface area contributed by atoms with Gasteiger partial charge in [0, 0.05) is 6.54 Å². The van der Waals surface area contributed by atoms with Gasteiger partial charge in [-0.2, -0.15) is 0 Å². The van der Waals surface area contributed by atoms with Gasteiger partial charge in [-0.25, -0.2) is 0 Å². The molecule has 2 aromatic carbocycles. The lowest BCUT2D eigenvalue weighted by atomic mass is 10.1. The molecule has 3 heteroatoms. The molecule has 2 nitrogen and oxygen atoms in total. The first-order valence-electron chi connectivity index (χ1n) is 5.45. The van der Waals surface area contributed by atoms with Crippen molar-refractivity contribution in [3.05, 3.63) is 64.1 Å². The van der Waals surface area contributed by atoms with Crippen LogP contribution in [0.1, 0.15) is 11.1 Å². The zero-order valence-corrected chi connectivity index (χ0v) is 11.0. The van der Waals surface area contributed by atoms with Gasteiger partial charge in [-0.05, 0) is 39.2 Å². The van der Waals surface area contributed by atoms with Crippen LogP contribution in [0, 0.1) is 0 Å². The zero-order chi connectivity index (χ0) is 12.1. The molecule has 0 heterocycles. The van der Waals surface area contributed by atoms with Crippen molar-refractivity contribution < 1.29 is 4.74 Å². The Bertz CT molecular complexity index is 482. The Kier molecular flexibility index (Phi) is 4.18. The Hall–Kier alpha value is -1.32. The van der Waals surface area contributed by atoms with E-state index in [0.29, 0.717) is 13.2 Å². The fourth-order valence-corrected chi connectivity index (χ4v) is 1.89. The molecule has 2 aromatic rings. The molecule has 0 atom stereocenters. The number of ether oxygens (including phenoxy) is 1. The van der Waals surface area contributed by atoms with Gasteiger partial charge in [-0.3, -0.25) is 0 Å². The summed E-state index contributed by atoms with van der Waals surface area (Å²) in [6, 6.07) is 16.0. The van der Waals surface area contributed by atoms with E-state index in [-0.39, 0.29) is 0 Å². The van der Waals surface area contributed by atoms with Crippen LogP contribution < -0.4 is 10.5 Å². The molecule has 0 aliphatic carbocycles. The van der Waals surface area contributed by atoms with Crippen molar-refractivity contribution in [1.82, 2.24) is 0 Å². The Balaban J connectivity index is 2.00. The molecule has 0 aliphatic heterocycles. The second kappa shape index (κ2) is 5.84. The highest BCUT2D eigenvalue weighted by Gasteiger charge is 2.00. The van der Waals surface area contributed by atoms with Crippen molar-refractivity contribution >= 4 is 15.9 Å². The SMILES string of the molecule is NCc1ccc(COc2ccccc2Br)cc1. The van der Waals surface area contributed by atoms with Gasteiger partial charge in [0.05, 0.1) is 4.47 Å². The van der Waals surface area contributed by atoms with E-state index >= 15 is 0 Å². The number of rotatable bonds is 4. The summed E-state index contributed by atoms with van der Waals surface area (Å²) in [7, 11) is 0. The van der Waals surface area contributed by atoms with E-state index in [1.165, 1.54) is 0 Å². The minimum Gasteiger partial charge on any atom is -0.488 e. The standard InChI is InChI=1S/C14H14BrNO/c15-13-3-1-2-4-14(13)17-10-12-7-5-11(9-16)6-8-12/h1-8H,9-10,16H2. The fourth-order valence-electron chi connectivity index (χ4n) is 1.49. The molecular formula is C14H14BrNO. The molecule has 0 spiro atoms. The van der Waals surface area contributed by atoms with E-state index < -0.39 is 0 Å². The third-order valence-electron chi connectivity index (χ3n) is 2.49. The van der Waals surface area contributed by atoms with Crippen molar-refractivity contribution in [2.45, 2.75) is 13.2 Å². The summed E-state index contributed by atoms with van der Waals surface area (Å²) in [6.45, 7) is 1.14. The molecule has 0 aromatic heterocycles. The summed E-state index contributed by atoms with van der Waals surface area (Å²) < 4.78 is 6.69. The minimum atomic E-state index is 0.563. The summed E-state index contributed by atoms with van der Waals surface area (Å²) in [5, 5.41) is 0. The van der Waals surface area contributed by atoms with Crippen LogP contribution in [0.4, 0.5) is 0 Å². The van der Waals surface area contributed by atoms with Gasteiger partial charge in [0.1, 0.15) is 12.4 Å². The van der Waals surface area contributed by atoms with Crippen LogP contribution in [0.25, 0.3) is 0 Å². The molecule has 88 valence electrons. The highest BCUT2D eigenvalue weighted by Crippen LogP contribution is 2.24. The van der Waals surface area contributed by atoms with Crippen LogP contribution in [0.5, 0.6) is 5.75 Å². The molecular weight excluding hydrogens is 278 g/mol. The Morgan fingerprint density at radius 2 is 1.59 bits per heavy atom. The Morgan fingerprint density at radius 1 is 0.941 bits per heavy atom. The van der Waals surface area contributed by atoms with Crippen molar-refractivity contribution in [1.29, 1.82) is 0 Å².